The van der Waals surface area contributed by atoms with E-state index in [1.54, 1.807) is 10.9 Å². The van der Waals surface area contributed by atoms with Crippen molar-refractivity contribution in [2.45, 2.75) is 33.9 Å². The van der Waals surface area contributed by atoms with E-state index in [4.69, 9.17) is 16.9 Å². The summed E-state index contributed by atoms with van der Waals surface area (Å²) in [6.45, 7) is 7.52. The average Bonchev–Trinajstić information content (AvgIpc) is 3.18. The number of hydrogen-bond acceptors (Lipinski definition) is 6. The second-order valence-electron chi connectivity index (χ2n) is 7.31. The zero-order valence-corrected chi connectivity index (χ0v) is 16.0. The number of anilines is 1. The molecule has 0 aliphatic rings. The lowest BCUT2D eigenvalue weighted by Gasteiger charge is -2.21. The van der Waals surface area contributed by atoms with Gasteiger partial charge in [-0.15, -0.1) is 16.7 Å². The summed E-state index contributed by atoms with van der Waals surface area (Å²) in [6, 6.07) is 3.95. The highest BCUT2D eigenvalue weighted by Crippen LogP contribution is 2.24. The minimum Gasteiger partial charge on any atom is -0.327 e. The number of nitrogens with zero attached hydrogens (tertiary/aromatic N) is 7. The lowest BCUT2D eigenvalue weighted by atomic mass is 9.97. The number of fused-ring (bicyclic) bond motifs is 1. The fourth-order valence-electron chi connectivity index (χ4n) is 2.68. The summed E-state index contributed by atoms with van der Waals surface area (Å²) in [5.41, 5.74) is 1.66. The highest BCUT2D eigenvalue weighted by atomic mass is 35.5. The van der Waals surface area contributed by atoms with E-state index >= 15 is 0 Å². The molecule has 1 N–H and O–H groups in total. The predicted octanol–water partition coefficient (Wildman–Crippen LogP) is 2.17. The second kappa shape index (κ2) is 7.32. The topological polar surface area (TPSA) is 114 Å². The molecule has 0 fully saturated rings. The first-order valence-electron chi connectivity index (χ1n) is 8.29. The number of alkyl halides is 1. The Morgan fingerprint density at radius 3 is 2.81 bits per heavy atom. The van der Waals surface area contributed by atoms with Crippen molar-refractivity contribution in [3.05, 3.63) is 30.1 Å². The molecule has 1 amide bonds. The van der Waals surface area contributed by atoms with Crippen molar-refractivity contribution >= 4 is 34.5 Å². The van der Waals surface area contributed by atoms with Crippen LogP contribution in [0.1, 0.15) is 32.3 Å². The molecule has 0 unspecified atom stereocenters. The van der Waals surface area contributed by atoms with Crippen molar-refractivity contribution in [2.75, 3.05) is 11.2 Å². The molecule has 0 bridgehead atoms. The van der Waals surface area contributed by atoms with Crippen LogP contribution in [-0.4, -0.2) is 41.1 Å². The summed E-state index contributed by atoms with van der Waals surface area (Å²) in [6.07, 6.45) is 3.19. The second-order valence-corrected chi connectivity index (χ2v) is 7.58. The van der Waals surface area contributed by atoms with E-state index in [9.17, 15) is 4.79 Å². The molecule has 3 rings (SSSR count). The van der Waals surface area contributed by atoms with Crippen molar-refractivity contribution < 1.29 is 4.79 Å². The summed E-state index contributed by atoms with van der Waals surface area (Å²) >= 11 is 5.48. The number of hydrogen-bond donors (Lipinski definition) is 1. The summed E-state index contributed by atoms with van der Waals surface area (Å²) in [7, 11) is 0. The summed E-state index contributed by atoms with van der Waals surface area (Å²) in [5.74, 6) is -0.191. The fourth-order valence-corrected chi connectivity index (χ4v) is 2.75. The van der Waals surface area contributed by atoms with Crippen LogP contribution >= 0.6 is 11.6 Å². The molecule has 0 atom stereocenters. The first-order chi connectivity index (χ1) is 12.8. The lowest BCUT2D eigenvalue weighted by Crippen LogP contribution is -2.19. The van der Waals surface area contributed by atoms with Crippen LogP contribution in [0.15, 0.2) is 18.6 Å². The van der Waals surface area contributed by atoms with E-state index in [0.717, 1.165) is 11.1 Å². The molecule has 9 nitrogen and oxygen atoms in total. The number of carbonyl (C=O) groups is 1. The highest BCUT2D eigenvalue weighted by molar-refractivity contribution is 6.28. The first-order valence-corrected chi connectivity index (χ1v) is 8.83. The highest BCUT2D eigenvalue weighted by Gasteiger charge is 2.19. The minimum absolute atomic E-state index is 0.000304. The molecule has 3 aromatic rings. The molecular weight excluding hydrogens is 368 g/mol. The molecule has 0 aliphatic carbocycles. The van der Waals surface area contributed by atoms with Gasteiger partial charge in [-0.1, -0.05) is 20.8 Å². The maximum Gasteiger partial charge on any atom is 0.248 e. The third kappa shape index (κ3) is 4.41. The van der Waals surface area contributed by atoms with Gasteiger partial charge in [0.2, 0.25) is 17.7 Å². The van der Waals surface area contributed by atoms with Gasteiger partial charge in [-0.3, -0.25) is 10.1 Å². The zero-order valence-electron chi connectivity index (χ0n) is 15.3. The number of amides is 1. The molecule has 10 heteroatoms. The summed E-state index contributed by atoms with van der Waals surface area (Å²) < 4.78 is 3.69. The van der Waals surface area contributed by atoms with E-state index in [-0.39, 0.29) is 29.0 Å². The Bertz CT molecular complexity index is 1020. The van der Waals surface area contributed by atoms with Crippen molar-refractivity contribution in [2.24, 2.45) is 5.41 Å². The third-order valence-corrected chi connectivity index (χ3v) is 3.93. The molecule has 3 aromatic heterocycles. The molecule has 0 radical (unpaired) electrons. The Hall–Kier alpha value is -2.99. The number of rotatable bonds is 5. The molecule has 0 aromatic carbocycles. The van der Waals surface area contributed by atoms with Gasteiger partial charge in [0.1, 0.15) is 23.9 Å². The molecule has 0 saturated carbocycles. The summed E-state index contributed by atoms with van der Waals surface area (Å²) in [5, 5.41) is 16.7. The number of nitrogens with one attached hydrogen (secondary N) is 1. The van der Waals surface area contributed by atoms with Gasteiger partial charge < -0.3 is 4.57 Å². The Labute approximate surface area is 161 Å². The van der Waals surface area contributed by atoms with Crippen LogP contribution in [-0.2, 0) is 17.9 Å². The Balaban J connectivity index is 1.97. The van der Waals surface area contributed by atoms with Crippen molar-refractivity contribution in [1.82, 2.24) is 29.3 Å². The van der Waals surface area contributed by atoms with Crippen molar-refractivity contribution in [3.63, 3.8) is 0 Å². The normalized spacial score (nSPS) is 11.5. The fraction of sp³-hybridized carbons (Fsp3) is 0.412. The molecule has 3 heterocycles. The predicted molar refractivity (Wildman–Crippen MR) is 100 cm³/mol. The van der Waals surface area contributed by atoms with Gasteiger partial charge in [-0.05, 0) is 11.5 Å². The van der Waals surface area contributed by atoms with Gasteiger partial charge in [0, 0.05) is 23.8 Å². The quantitative estimate of drug-likeness (QED) is 0.672. The molecule has 27 heavy (non-hydrogen) atoms. The van der Waals surface area contributed by atoms with Gasteiger partial charge in [-0.2, -0.15) is 5.26 Å². The van der Waals surface area contributed by atoms with E-state index in [1.807, 2.05) is 12.1 Å². The van der Waals surface area contributed by atoms with E-state index < -0.39 is 0 Å². The Morgan fingerprint density at radius 1 is 1.37 bits per heavy atom. The average molecular weight is 387 g/mol. The largest absolute Gasteiger partial charge is 0.327 e. The van der Waals surface area contributed by atoms with Gasteiger partial charge >= 0.3 is 0 Å². The minimum atomic E-state index is -0.365. The third-order valence-electron chi connectivity index (χ3n) is 3.69. The molecule has 0 saturated heterocycles. The van der Waals surface area contributed by atoms with Crippen LogP contribution in [0.4, 0.5) is 5.95 Å². The van der Waals surface area contributed by atoms with Gasteiger partial charge in [0.15, 0.2) is 0 Å². The van der Waals surface area contributed by atoms with Crippen LogP contribution in [0.25, 0.3) is 11.0 Å². The summed E-state index contributed by atoms with van der Waals surface area (Å²) in [4.78, 5) is 23.8. The zero-order chi connectivity index (χ0) is 19.6. The van der Waals surface area contributed by atoms with Crippen LogP contribution in [0, 0.1) is 16.7 Å². The van der Waals surface area contributed by atoms with Gasteiger partial charge in [0.05, 0.1) is 6.54 Å². The lowest BCUT2D eigenvalue weighted by molar-refractivity contribution is -0.114. The van der Waals surface area contributed by atoms with Crippen LogP contribution in [0.5, 0.6) is 0 Å². The van der Waals surface area contributed by atoms with Gasteiger partial charge in [-0.25, -0.2) is 19.6 Å². The van der Waals surface area contributed by atoms with E-state index in [2.05, 4.69) is 50.7 Å². The SMILES string of the molecule is CC(C)(C)Cn1c(Cn2cnc(NC(=O)CCl)n2)cc2cnc(C#N)nc21. The van der Waals surface area contributed by atoms with E-state index in [0.29, 0.717) is 18.7 Å². The van der Waals surface area contributed by atoms with Crippen molar-refractivity contribution in [3.8, 4) is 6.07 Å². The smallest absolute Gasteiger partial charge is 0.248 e. The number of nitriles is 1. The number of halogens is 1. The van der Waals surface area contributed by atoms with Crippen molar-refractivity contribution in [1.29, 1.82) is 5.26 Å². The number of aromatic nitrogens is 6. The standard InChI is InChI=1S/C17H19ClN8O/c1-17(2,3)9-26-12(4-11-7-20-13(6-19)22-15(11)26)8-25-10-21-16(24-25)23-14(27)5-18/h4,7,10H,5,8-9H2,1-3H3,(H,23,24,27). The van der Waals surface area contributed by atoms with E-state index in [1.165, 1.54) is 6.33 Å². The monoisotopic (exact) mass is 386 g/mol. The van der Waals surface area contributed by atoms with Gasteiger partial charge in [0.25, 0.3) is 0 Å². The molecule has 140 valence electrons. The molecule has 0 aliphatic heterocycles. The van der Waals surface area contributed by atoms with Crippen LogP contribution in [0.3, 0.4) is 0 Å². The van der Waals surface area contributed by atoms with Crippen LogP contribution in [0.2, 0.25) is 0 Å². The maximum absolute atomic E-state index is 11.4. The maximum atomic E-state index is 11.4. The van der Waals surface area contributed by atoms with Crippen LogP contribution < -0.4 is 5.32 Å². The first kappa shape index (κ1) is 18.8. The Morgan fingerprint density at radius 2 is 2.15 bits per heavy atom. The Kier molecular flexibility index (Phi) is 5.10. The molecular formula is C17H19ClN8O. The number of carbonyl (C=O) groups excluding carboxylic acids is 1. The molecule has 0 spiro atoms.